The van der Waals surface area contributed by atoms with Gasteiger partial charge in [-0.25, -0.2) is 0 Å². The van der Waals surface area contributed by atoms with Crippen LogP contribution in [0.15, 0.2) is 30.3 Å². The van der Waals surface area contributed by atoms with E-state index in [0.29, 0.717) is 24.5 Å². The molecule has 0 radical (unpaired) electrons. The summed E-state index contributed by atoms with van der Waals surface area (Å²) in [7, 11) is 0. The number of hydrogen-bond acceptors (Lipinski definition) is 2. The number of rotatable bonds is 8. The van der Waals surface area contributed by atoms with E-state index in [9.17, 15) is 5.11 Å². The Kier molecular flexibility index (Phi) is 8.34. The molecule has 1 aromatic carbocycles. The third-order valence-corrected chi connectivity index (χ3v) is 6.95. The quantitative estimate of drug-likeness (QED) is 0.615. The van der Waals surface area contributed by atoms with Gasteiger partial charge in [0.05, 0.1) is 12.7 Å². The zero-order valence-corrected chi connectivity index (χ0v) is 18.2. The summed E-state index contributed by atoms with van der Waals surface area (Å²) in [6.45, 7) is 14.1. The fourth-order valence-electron chi connectivity index (χ4n) is 5.16. The Labute approximate surface area is 171 Å². The van der Waals surface area contributed by atoms with Crippen LogP contribution in [0.2, 0.25) is 0 Å². The van der Waals surface area contributed by atoms with E-state index in [0.717, 1.165) is 38.5 Å². The van der Waals surface area contributed by atoms with E-state index >= 15 is 0 Å². The zero-order chi connectivity index (χ0) is 19.9. The molecule has 3 rings (SSSR count). The van der Waals surface area contributed by atoms with E-state index < -0.39 is 0 Å². The van der Waals surface area contributed by atoms with Crippen LogP contribution >= 0.6 is 0 Å². The number of aliphatic hydroxyl groups is 1. The van der Waals surface area contributed by atoms with Gasteiger partial charge in [0.1, 0.15) is 45.4 Å². The highest BCUT2D eigenvalue weighted by Gasteiger charge is 2.32. The molecule has 1 aliphatic carbocycles. The smallest absolute Gasteiger partial charge is 0.127 e. The Morgan fingerprint density at radius 3 is 2.39 bits per heavy atom. The molecule has 1 saturated carbocycles. The molecule has 2 aliphatic rings. The Morgan fingerprint density at radius 1 is 1.04 bits per heavy atom. The van der Waals surface area contributed by atoms with Crippen LogP contribution in [0.3, 0.4) is 0 Å². The Hall–Kier alpha value is -0.940. The van der Waals surface area contributed by atoms with Gasteiger partial charge in [-0.3, -0.25) is 0 Å². The van der Waals surface area contributed by atoms with Crippen molar-refractivity contribution in [2.75, 3.05) is 39.3 Å². The average Bonchev–Trinajstić information content (AvgIpc) is 2.68. The summed E-state index contributed by atoms with van der Waals surface area (Å²) in [5.74, 6) is 2.07. The molecule has 0 spiro atoms. The summed E-state index contributed by atoms with van der Waals surface area (Å²) in [6, 6.07) is 10.8. The molecule has 1 heterocycles. The number of hydrogen-bond donors (Lipinski definition) is 3. The molecule has 1 aromatic rings. The summed E-state index contributed by atoms with van der Waals surface area (Å²) in [5, 5.41) is 10.6. The van der Waals surface area contributed by atoms with Crippen molar-refractivity contribution in [1.82, 2.24) is 0 Å². The summed E-state index contributed by atoms with van der Waals surface area (Å²) in [6.07, 6.45) is 3.75. The SMILES string of the molecule is CC(C)[C@H]1CC[C@@H](C)C[C@H]1OC[C@H](O)C[NH+]1CC[NH+](Cc2ccccc2)CC1. The van der Waals surface area contributed by atoms with Crippen molar-refractivity contribution in [3.63, 3.8) is 0 Å². The minimum Gasteiger partial charge on any atom is -0.385 e. The van der Waals surface area contributed by atoms with Crippen molar-refractivity contribution in [3.05, 3.63) is 35.9 Å². The third-order valence-electron chi connectivity index (χ3n) is 6.95. The normalized spacial score (nSPS) is 32.4. The molecule has 0 amide bonds. The van der Waals surface area contributed by atoms with Crippen LogP contribution in [0.4, 0.5) is 0 Å². The van der Waals surface area contributed by atoms with Gasteiger partial charge in [0.25, 0.3) is 0 Å². The summed E-state index contributed by atoms with van der Waals surface area (Å²) in [5.41, 5.74) is 1.43. The molecule has 4 atom stereocenters. The number of ether oxygens (including phenoxy) is 1. The van der Waals surface area contributed by atoms with Gasteiger partial charge < -0.3 is 19.6 Å². The molecular formula is C24H42N2O2+2. The van der Waals surface area contributed by atoms with Crippen LogP contribution in [-0.4, -0.2) is 56.6 Å². The second-order valence-electron chi connectivity index (χ2n) is 9.72. The van der Waals surface area contributed by atoms with E-state index in [1.54, 1.807) is 4.90 Å². The zero-order valence-electron chi connectivity index (χ0n) is 18.2. The first-order chi connectivity index (χ1) is 13.5. The third kappa shape index (κ3) is 6.55. The molecular weight excluding hydrogens is 348 g/mol. The molecule has 4 heteroatoms. The van der Waals surface area contributed by atoms with Gasteiger partial charge in [0.2, 0.25) is 0 Å². The van der Waals surface area contributed by atoms with Crippen LogP contribution in [0.25, 0.3) is 0 Å². The first-order valence-electron chi connectivity index (χ1n) is 11.5. The van der Waals surface area contributed by atoms with Crippen molar-refractivity contribution < 1.29 is 19.6 Å². The lowest BCUT2D eigenvalue weighted by Crippen LogP contribution is -3.28. The van der Waals surface area contributed by atoms with E-state index in [4.69, 9.17) is 4.74 Å². The first-order valence-corrected chi connectivity index (χ1v) is 11.5. The highest BCUT2D eigenvalue weighted by atomic mass is 16.5. The minimum absolute atomic E-state index is 0.334. The maximum atomic E-state index is 10.6. The van der Waals surface area contributed by atoms with E-state index in [-0.39, 0.29) is 6.10 Å². The monoisotopic (exact) mass is 390 g/mol. The van der Waals surface area contributed by atoms with Crippen molar-refractivity contribution in [2.45, 2.75) is 58.8 Å². The van der Waals surface area contributed by atoms with Gasteiger partial charge in [-0.2, -0.15) is 0 Å². The second kappa shape index (κ2) is 10.7. The highest BCUT2D eigenvalue weighted by Crippen LogP contribution is 2.35. The Balaban J connectivity index is 1.36. The second-order valence-corrected chi connectivity index (χ2v) is 9.72. The van der Waals surface area contributed by atoms with Crippen LogP contribution in [0.1, 0.15) is 45.6 Å². The lowest BCUT2D eigenvalue weighted by Gasteiger charge is -2.37. The van der Waals surface area contributed by atoms with Crippen LogP contribution in [-0.2, 0) is 11.3 Å². The molecule has 1 aliphatic heterocycles. The van der Waals surface area contributed by atoms with E-state index in [2.05, 4.69) is 51.1 Å². The molecule has 0 unspecified atom stereocenters. The van der Waals surface area contributed by atoms with Gasteiger partial charge in [-0.1, -0.05) is 57.5 Å². The van der Waals surface area contributed by atoms with Crippen molar-refractivity contribution in [2.24, 2.45) is 17.8 Å². The summed E-state index contributed by atoms with van der Waals surface area (Å²) < 4.78 is 6.26. The van der Waals surface area contributed by atoms with E-state index in [1.807, 2.05) is 0 Å². The molecule has 1 saturated heterocycles. The van der Waals surface area contributed by atoms with Gasteiger partial charge in [0, 0.05) is 5.56 Å². The van der Waals surface area contributed by atoms with Crippen molar-refractivity contribution >= 4 is 0 Å². The van der Waals surface area contributed by atoms with Gasteiger partial charge in [-0.05, 0) is 30.6 Å². The lowest BCUT2D eigenvalue weighted by atomic mass is 9.75. The number of quaternary nitrogens is 2. The predicted molar refractivity (Wildman–Crippen MR) is 113 cm³/mol. The number of aliphatic hydroxyl groups excluding tert-OH is 1. The van der Waals surface area contributed by atoms with Gasteiger partial charge in [0.15, 0.2) is 0 Å². The van der Waals surface area contributed by atoms with E-state index in [1.165, 1.54) is 36.4 Å². The molecule has 0 bridgehead atoms. The van der Waals surface area contributed by atoms with Crippen molar-refractivity contribution in [1.29, 1.82) is 0 Å². The number of nitrogens with one attached hydrogen (secondary N) is 2. The first kappa shape index (κ1) is 21.8. The minimum atomic E-state index is -0.337. The van der Waals surface area contributed by atoms with Crippen LogP contribution in [0, 0.1) is 17.8 Å². The topological polar surface area (TPSA) is 38.3 Å². The molecule has 3 N–H and O–H groups in total. The Morgan fingerprint density at radius 2 is 1.71 bits per heavy atom. The molecule has 28 heavy (non-hydrogen) atoms. The van der Waals surface area contributed by atoms with Crippen molar-refractivity contribution in [3.8, 4) is 0 Å². The van der Waals surface area contributed by atoms with Crippen LogP contribution in [0.5, 0.6) is 0 Å². The van der Waals surface area contributed by atoms with Crippen LogP contribution < -0.4 is 9.80 Å². The largest absolute Gasteiger partial charge is 0.385 e. The number of benzene rings is 1. The molecule has 158 valence electrons. The standard InChI is InChI=1S/C24H40N2O2/c1-19(2)23-10-9-20(3)15-24(23)28-18-22(27)17-26-13-11-25(12-14-26)16-21-7-5-4-6-8-21/h4-8,19-20,22-24,27H,9-18H2,1-3H3/p+2/t20-,22-,23-,24-/m1/s1. The van der Waals surface area contributed by atoms with Gasteiger partial charge in [-0.15, -0.1) is 0 Å². The molecule has 0 aromatic heterocycles. The Bertz CT molecular complexity index is 557. The maximum absolute atomic E-state index is 10.6. The lowest BCUT2D eigenvalue weighted by molar-refractivity contribution is -1.02. The predicted octanol–water partition coefficient (Wildman–Crippen LogP) is 0.808. The summed E-state index contributed by atoms with van der Waals surface area (Å²) in [4.78, 5) is 3.20. The maximum Gasteiger partial charge on any atom is 0.127 e. The summed E-state index contributed by atoms with van der Waals surface area (Å²) >= 11 is 0. The average molecular weight is 391 g/mol. The fourth-order valence-corrected chi connectivity index (χ4v) is 5.16. The highest BCUT2D eigenvalue weighted by molar-refractivity contribution is 5.13. The molecule has 4 nitrogen and oxygen atoms in total. The number of piperazine rings is 1. The van der Waals surface area contributed by atoms with Gasteiger partial charge >= 0.3 is 0 Å². The molecule has 2 fully saturated rings. The fraction of sp³-hybridized carbons (Fsp3) is 0.750.